The minimum Gasteiger partial charge on any atom is -0.302 e. The molecule has 33 heavy (non-hydrogen) atoms. The molecular formula is C23H28FN3O3S3. The van der Waals surface area contributed by atoms with Gasteiger partial charge in [0.25, 0.3) is 0 Å². The maximum Gasteiger partial charge on any atom is 0.229 e. The van der Waals surface area contributed by atoms with E-state index in [-0.39, 0.29) is 23.0 Å². The van der Waals surface area contributed by atoms with Crippen molar-refractivity contribution < 1.29 is 17.6 Å². The number of carbonyl (C=O) groups excluding carboxylic acids is 1. The van der Waals surface area contributed by atoms with E-state index in [4.69, 9.17) is 0 Å². The van der Waals surface area contributed by atoms with Crippen molar-refractivity contribution in [1.82, 2.24) is 9.88 Å². The van der Waals surface area contributed by atoms with Gasteiger partial charge in [-0.15, -0.1) is 11.8 Å². The van der Waals surface area contributed by atoms with Gasteiger partial charge < -0.3 is 4.90 Å². The lowest BCUT2D eigenvalue weighted by Gasteiger charge is -2.24. The number of rotatable bonds is 11. The summed E-state index contributed by atoms with van der Waals surface area (Å²) in [7, 11) is -3.44. The molecule has 0 unspecified atom stereocenters. The van der Waals surface area contributed by atoms with Gasteiger partial charge in [-0.3, -0.25) is 9.69 Å². The lowest BCUT2D eigenvalue weighted by atomic mass is 10.3. The highest BCUT2D eigenvalue weighted by atomic mass is 32.2. The van der Waals surface area contributed by atoms with Gasteiger partial charge in [-0.1, -0.05) is 31.3 Å². The number of halogens is 1. The summed E-state index contributed by atoms with van der Waals surface area (Å²) in [4.78, 5) is 22.8. The van der Waals surface area contributed by atoms with Crippen LogP contribution in [-0.2, 0) is 14.6 Å². The number of anilines is 1. The Morgan fingerprint density at radius 2 is 1.79 bits per heavy atom. The average Bonchev–Trinajstić information content (AvgIpc) is 3.21. The summed E-state index contributed by atoms with van der Waals surface area (Å²) in [5, 5.41) is 0.505. The molecule has 2 aromatic carbocycles. The fraction of sp³-hybridized carbons (Fsp3) is 0.391. The van der Waals surface area contributed by atoms with Crippen LogP contribution in [0.1, 0.15) is 20.3 Å². The highest BCUT2D eigenvalue weighted by molar-refractivity contribution is 7.99. The number of amides is 1. The largest absolute Gasteiger partial charge is 0.302 e. The van der Waals surface area contributed by atoms with E-state index in [9.17, 15) is 17.6 Å². The molecule has 0 atom stereocenters. The van der Waals surface area contributed by atoms with Crippen molar-refractivity contribution >= 4 is 54.2 Å². The van der Waals surface area contributed by atoms with E-state index in [0.717, 1.165) is 28.9 Å². The Bertz CT molecular complexity index is 1190. The first-order valence-electron chi connectivity index (χ1n) is 10.7. The van der Waals surface area contributed by atoms with Gasteiger partial charge in [0.2, 0.25) is 5.91 Å². The lowest BCUT2D eigenvalue weighted by Crippen LogP contribution is -2.39. The van der Waals surface area contributed by atoms with Gasteiger partial charge in [-0.2, -0.15) is 0 Å². The van der Waals surface area contributed by atoms with Crippen LogP contribution in [-0.4, -0.2) is 62.4 Å². The SMILES string of the molecule is CCN(CC)CCN(C(=O)CCSc1ccc(F)cc1)c1nc2c(S(C)(=O)=O)cccc2s1. The van der Waals surface area contributed by atoms with Gasteiger partial charge in [0.15, 0.2) is 15.0 Å². The second-order valence-corrected chi connectivity index (χ2v) is 11.7. The van der Waals surface area contributed by atoms with Crippen LogP contribution in [0.2, 0.25) is 0 Å². The number of likely N-dealkylation sites (N-methyl/N-ethyl adjacent to an activating group) is 1. The number of hydrogen-bond acceptors (Lipinski definition) is 7. The molecule has 0 aliphatic rings. The van der Waals surface area contributed by atoms with Crippen LogP contribution in [0.3, 0.4) is 0 Å². The summed E-state index contributed by atoms with van der Waals surface area (Å²) in [6.45, 7) is 7.05. The normalized spacial score (nSPS) is 11.9. The highest BCUT2D eigenvalue weighted by Crippen LogP contribution is 2.33. The van der Waals surface area contributed by atoms with Gasteiger partial charge >= 0.3 is 0 Å². The Hall–Kier alpha value is -2.01. The molecule has 3 rings (SSSR count). The summed E-state index contributed by atoms with van der Waals surface area (Å²) in [6.07, 6.45) is 1.45. The molecule has 1 aromatic heterocycles. The highest BCUT2D eigenvalue weighted by Gasteiger charge is 2.23. The fourth-order valence-corrected chi connectivity index (χ4v) is 6.13. The molecule has 3 aromatic rings. The van der Waals surface area contributed by atoms with Gasteiger partial charge in [-0.25, -0.2) is 17.8 Å². The molecule has 178 valence electrons. The number of nitrogens with zero attached hydrogens (tertiary/aromatic N) is 3. The van der Waals surface area contributed by atoms with Crippen LogP contribution in [0.15, 0.2) is 52.3 Å². The Kier molecular flexibility index (Phi) is 8.86. The molecule has 0 saturated heterocycles. The summed E-state index contributed by atoms with van der Waals surface area (Å²) in [5.74, 6) is 0.185. The number of hydrogen-bond donors (Lipinski definition) is 0. The van der Waals surface area contributed by atoms with Gasteiger partial charge in [-0.05, 0) is 49.5 Å². The van der Waals surface area contributed by atoms with Gasteiger partial charge in [0.05, 0.1) is 9.60 Å². The predicted octanol–water partition coefficient (Wildman–Crippen LogP) is 4.70. The van der Waals surface area contributed by atoms with Crippen LogP contribution >= 0.6 is 23.1 Å². The van der Waals surface area contributed by atoms with E-state index in [1.54, 1.807) is 29.2 Å². The molecule has 0 radical (unpaired) electrons. The number of para-hydroxylation sites is 1. The first-order valence-corrected chi connectivity index (χ1v) is 14.4. The molecule has 0 bridgehead atoms. The molecule has 0 fully saturated rings. The second-order valence-electron chi connectivity index (χ2n) is 7.50. The molecule has 1 heterocycles. The summed E-state index contributed by atoms with van der Waals surface area (Å²) >= 11 is 2.82. The van der Waals surface area contributed by atoms with E-state index in [1.807, 2.05) is 6.07 Å². The van der Waals surface area contributed by atoms with Crippen LogP contribution in [0.5, 0.6) is 0 Å². The maximum atomic E-state index is 13.2. The average molecular weight is 510 g/mol. The topological polar surface area (TPSA) is 70.6 Å². The number of carbonyl (C=O) groups is 1. The fourth-order valence-electron chi connectivity index (χ4n) is 3.36. The van der Waals surface area contributed by atoms with Crippen molar-refractivity contribution in [3.8, 4) is 0 Å². The number of thiazole rings is 1. The number of sulfone groups is 1. The molecule has 0 aliphatic carbocycles. The number of fused-ring (bicyclic) bond motifs is 1. The van der Waals surface area contributed by atoms with Crippen molar-refractivity contribution in [3.63, 3.8) is 0 Å². The predicted molar refractivity (Wildman–Crippen MR) is 135 cm³/mol. The van der Waals surface area contributed by atoms with E-state index < -0.39 is 9.84 Å². The van der Waals surface area contributed by atoms with Crippen molar-refractivity contribution in [2.75, 3.05) is 43.1 Å². The smallest absolute Gasteiger partial charge is 0.229 e. The summed E-state index contributed by atoms with van der Waals surface area (Å²) in [5.41, 5.74) is 0.404. The van der Waals surface area contributed by atoms with Crippen LogP contribution in [0.25, 0.3) is 10.2 Å². The third-order valence-corrected chi connectivity index (χ3v) is 8.42. The molecular weight excluding hydrogens is 481 g/mol. The minimum absolute atomic E-state index is 0.0725. The number of benzene rings is 2. The molecule has 0 saturated carbocycles. The van der Waals surface area contributed by atoms with Crippen LogP contribution in [0, 0.1) is 5.82 Å². The zero-order valence-electron chi connectivity index (χ0n) is 19.0. The Labute approximate surface area is 202 Å². The summed E-state index contributed by atoms with van der Waals surface area (Å²) < 4.78 is 38.2. The van der Waals surface area contributed by atoms with Crippen LogP contribution < -0.4 is 4.90 Å². The first-order chi connectivity index (χ1) is 15.7. The Morgan fingerprint density at radius 3 is 2.42 bits per heavy atom. The summed E-state index contributed by atoms with van der Waals surface area (Å²) in [6, 6.07) is 11.3. The van der Waals surface area contributed by atoms with Crippen molar-refractivity contribution in [1.29, 1.82) is 0 Å². The zero-order chi connectivity index (χ0) is 24.0. The Balaban J connectivity index is 1.82. The van der Waals surface area contributed by atoms with Gasteiger partial charge in [0.1, 0.15) is 11.3 Å². The quantitative estimate of drug-likeness (QED) is 0.349. The lowest BCUT2D eigenvalue weighted by molar-refractivity contribution is -0.118. The maximum absolute atomic E-state index is 13.2. The van der Waals surface area contributed by atoms with E-state index in [2.05, 4.69) is 23.7 Å². The molecule has 6 nitrogen and oxygen atoms in total. The van der Waals surface area contributed by atoms with Crippen molar-refractivity contribution in [2.24, 2.45) is 0 Å². The first kappa shape index (κ1) is 25.6. The van der Waals surface area contributed by atoms with Crippen molar-refractivity contribution in [2.45, 2.75) is 30.1 Å². The molecule has 0 spiro atoms. The van der Waals surface area contributed by atoms with E-state index in [1.165, 1.54) is 35.2 Å². The monoisotopic (exact) mass is 509 g/mol. The molecule has 1 amide bonds. The van der Waals surface area contributed by atoms with Crippen LogP contribution in [0.4, 0.5) is 9.52 Å². The standard InChI is InChI=1S/C23H28FN3O3S3/c1-4-26(5-2)14-15-27(21(28)13-16-31-18-11-9-17(24)10-12-18)23-25-22-19(32-23)7-6-8-20(22)33(3,29)30/h6-12H,4-5,13-16H2,1-3H3. The van der Waals surface area contributed by atoms with Crippen molar-refractivity contribution in [3.05, 3.63) is 48.3 Å². The molecule has 0 aliphatic heterocycles. The minimum atomic E-state index is -3.44. The van der Waals surface area contributed by atoms with E-state index >= 15 is 0 Å². The molecule has 0 N–H and O–H groups in total. The molecule has 10 heteroatoms. The second kappa shape index (κ2) is 11.4. The van der Waals surface area contributed by atoms with E-state index in [0.29, 0.717) is 29.5 Å². The van der Waals surface area contributed by atoms with Gasteiger partial charge in [0, 0.05) is 36.4 Å². The zero-order valence-corrected chi connectivity index (χ0v) is 21.4. The number of thioether (sulfide) groups is 1. The Morgan fingerprint density at radius 1 is 1.09 bits per heavy atom. The third-order valence-electron chi connectivity index (χ3n) is 5.23. The number of aromatic nitrogens is 1. The third kappa shape index (κ3) is 6.75.